The molecular weight excluding hydrogens is 256 g/mol. The Balaban J connectivity index is 2.16. The zero-order valence-corrected chi connectivity index (χ0v) is 11.8. The van der Waals surface area contributed by atoms with Crippen molar-refractivity contribution >= 4 is 22.9 Å². The molecule has 2 heterocycles. The second-order valence-electron chi connectivity index (χ2n) is 4.60. The van der Waals surface area contributed by atoms with Gasteiger partial charge in [-0.05, 0) is 26.2 Å². The summed E-state index contributed by atoms with van der Waals surface area (Å²) in [6.45, 7) is 3.19. The van der Waals surface area contributed by atoms with Crippen molar-refractivity contribution < 1.29 is 0 Å². The van der Waals surface area contributed by atoms with Crippen molar-refractivity contribution in [3.8, 4) is 0 Å². The third kappa shape index (κ3) is 2.99. The van der Waals surface area contributed by atoms with Crippen LogP contribution in [0, 0.1) is 0 Å². The van der Waals surface area contributed by atoms with E-state index in [1.165, 1.54) is 4.88 Å². The highest BCUT2D eigenvalue weighted by Crippen LogP contribution is 2.30. The molecular formula is C11H19ClN4S. The van der Waals surface area contributed by atoms with Crippen LogP contribution in [0.3, 0.4) is 0 Å². The minimum Gasteiger partial charge on any atom is -0.303 e. The fraction of sp³-hybridized carbons (Fsp3) is 0.636. The fourth-order valence-electron chi connectivity index (χ4n) is 2.28. The normalized spacial score (nSPS) is 25.1. The van der Waals surface area contributed by atoms with Crippen molar-refractivity contribution in [1.29, 1.82) is 0 Å². The maximum absolute atomic E-state index is 5.99. The van der Waals surface area contributed by atoms with Crippen LogP contribution in [0.25, 0.3) is 0 Å². The maximum atomic E-state index is 5.99. The first kappa shape index (κ1) is 13.3. The van der Waals surface area contributed by atoms with Gasteiger partial charge in [-0.3, -0.25) is 16.2 Å². The Bertz CT molecular complexity index is 370. The zero-order valence-electron chi connectivity index (χ0n) is 10.2. The zero-order chi connectivity index (χ0) is 12.4. The molecule has 2 rings (SSSR count). The second kappa shape index (κ2) is 5.65. The Morgan fingerprint density at radius 1 is 1.47 bits per heavy atom. The van der Waals surface area contributed by atoms with Crippen LogP contribution in [0.1, 0.15) is 10.9 Å². The van der Waals surface area contributed by atoms with Gasteiger partial charge in [0.25, 0.3) is 0 Å². The van der Waals surface area contributed by atoms with E-state index in [0.29, 0.717) is 6.04 Å². The number of hydrogen-bond acceptors (Lipinski definition) is 5. The highest BCUT2D eigenvalue weighted by atomic mass is 35.5. The quantitative estimate of drug-likeness (QED) is 0.641. The van der Waals surface area contributed by atoms with Crippen LogP contribution in [0.5, 0.6) is 0 Å². The number of halogens is 1. The van der Waals surface area contributed by atoms with E-state index in [4.69, 9.17) is 17.4 Å². The number of nitrogens with zero attached hydrogens (tertiary/aromatic N) is 2. The van der Waals surface area contributed by atoms with Crippen molar-refractivity contribution in [2.45, 2.75) is 12.1 Å². The molecule has 1 aromatic heterocycles. The molecule has 1 aliphatic heterocycles. The number of nitrogens with two attached hydrogens (primary N) is 1. The maximum Gasteiger partial charge on any atom is 0.0931 e. The number of hydrazine groups is 1. The third-order valence-corrected chi connectivity index (χ3v) is 4.68. The van der Waals surface area contributed by atoms with Crippen LogP contribution in [0.15, 0.2) is 12.1 Å². The molecule has 3 N–H and O–H groups in total. The molecule has 1 aliphatic rings. The van der Waals surface area contributed by atoms with E-state index < -0.39 is 0 Å². The minimum atomic E-state index is 0.139. The lowest BCUT2D eigenvalue weighted by atomic mass is 10.0. The van der Waals surface area contributed by atoms with Gasteiger partial charge in [0.1, 0.15) is 0 Å². The van der Waals surface area contributed by atoms with E-state index in [1.807, 2.05) is 6.07 Å². The Hall–Kier alpha value is -0.170. The van der Waals surface area contributed by atoms with Gasteiger partial charge >= 0.3 is 0 Å². The SMILES string of the molecule is CN1CCN(C)C(C(NN)c2ccc(Cl)s2)C1. The first-order valence-electron chi connectivity index (χ1n) is 5.72. The number of likely N-dealkylation sites (N-methyl/N-ethyl adjacent to an activating group) is 2. The summed E-state index contributed by atoms with van der Waals surface area (Å²) < 4.78 is 0.812. The molecule has 4 nitrogen and oxygen atoms in total. The molecule has 1 aromatic rings. The van der Waals surface area contributed by atoms with Crippen LogP contribution in [-0.2, 0) is 0 Å². The largest absolute Gasteiger partial charge is 0.303 e. The number of rotatable bonds is 3. The summed E-state index contributed by atoms with van der Waals surface area (Å²) in [5, 5.41) is 0. The van der Waals surface area contributed by atoms with Gasteiger partial charge in [0.2, 0.25) is 0 Å². The molecule has 2 atom stereocenters. The molecule has 6 heteroatoms. The summed E-state index contributed by atoms with van der Waals surface area (Å²) in [4.78, 5) is 5.90. The van der Waals surface area contributed by atoms with Gasteiger partial charge in [-0.15, -0.1) is 11.3 Å². The summed E-state index contributed by atoms with van der Waals surface area (Å²) in [6, 6.07) is 4.51. The lowest BCUT2D eigenvalue weighted by Gasteiger charge is -2.41. The predicted molar refractivity (Wildman–Crippen MR) is 73.3 cm³/mol. The van der Waals surface area contributed by atoms with Gasteiger partial charge in [-0.1, -0.05) is 11.6 Å². The molecule has 2 unspecified atom stereocenters. The van der Waals surface area contributed by atoms with E-state index in [1.54, 1.807) is 11.3 Å². The van der Waals surface area contributed by atoms with Crippen molar-refractivity contribution in [3.05, 3.63) is 21.3 Å². The molecule has 1 fully saturated rings. The summed E-state index contributed by atoms with van der Waals surface area (Å²) in [5.74, 6) is 5.72. The highest BCUT2D eigenvalue weighted by Gasteiger charge is 2.31. The Morgan fingerprint density at radius 2 is 2.24 bits per heavy atom. The molecule has 0 aliphatic carbocycles. The molecule has 17 heavy (non-hydrogen) atoms. The van der Waals surface area contributed by atoms with Gasteiger partial charge < -0.3 is 4.90 Å². The van der Waals surface area contributed by atoms with Crippen LogP contribution in [-0.4, -0.2) is 49.6 Å². The van der Waals surface area contributed by atoms with Crippen molar-refractivity contribution in [1.82, 2.24) is 15.2 Å². The number of piperazine rings is 1. The first-order chi connectivity index (χ1) is 8.11. The van der Waals surface area contributed by atoms with E-state index >= 15 is 0 Å². The Morgan fingerprint density at radius 3 is 2.82 bits per heavy atom. The lowest BCUT2D eigenvalue weighted by molar-refractivity contribution is 0.0885. The van der Waals surface area contributed by atoms with E-state index in [0.717, 1.165) is 24.0 Å². The lowest BCUT2D eigenvalue weighted by Crippen LogP contribution is -2.55. The summed E-state index contributed by atoms with van der Waals surface area (Å²) in [6.07, 6.45) is 0. The smallest absolute Gasteiger partial charge is 0.0931 e. The van der Waals surface area contributed by atoms with E-state index in [2.05, 4.69) is 35.4 Å². The van der Waals surface area contributed by atoms with Gasteiger partial charge in [0, 0.05) is 30.6 Å². The van der Waals surface area contributed by atoms with E-state index in [9.17, 15) is 0 Å². The van der Waals surface area contributed by atoms with Gasteiger partial charge in [0.15, 0.2) is 0 Å². The standard InChI is InChI=1S/C11H19ClN4S/c1-15-5-6-16(2)8(7-15)11(14-13)9-3-4-10(12)17-9/h3-4,8,11,14H,5-7,13H2,1-2H3. The molecule has 0 amide bonds. The molecule has 0 aromatic carbocycles. The number of thiophene rings is 1. The molecule has 0 radical (unpaired) electrons. The van der Waals surface area contributed by atoms with Crippen molar-refractivity contribution in [3.63, 3.8) is 0 Å². The van der Waals surface area contributed by atoms with Gasteiger partial charge in [-0.2, -0.15) is 0 Å². The highest BCUT2D eigenvalue weighted by molar-refractivity contribution is 7.16. The molecule has 96 valence electrons. The molecule has 1 saturated heterocycles. The van der Waals surface area contributed by atoms with Gasteiger partial charge in [-0.25, -0.2) is 0 Å². The molecule has 0 saturated carbocycles. The Labute approximate surface area is 111 Å². The van der Waals surface area contributed by atoms with Crippen LogP contribution in [0.2, 0.25) is 4.34 Å². The topological polar surface area (TPSA) is 44.5 Å². The van der Waals surface area contributed by atoms with E-state index in [-0.39, 0.29) is 6.04 Å². The van der Waals surface area contributed by atoms with Gasteiger partial charge in [0.05, 0.1) is 10.4 Å². The average Bonchev–Trinajstić information content (AvgIpc) is 2.71. The predicted octanol–water partition coefficient (Wildman–Crippen LogP) is 1.15. The monoisotopic (exact) mass is 274 g/mol. The number of nitrogens with one attached hydrogen (secondary N) is 1. The minimum absolute atomic E-state index is 0.139. The fourth-order valence-corrected chi connectivity index (χ4v) is 3.46. The van der Waals surface area contributed by atoms with Crippen LogP contribution in [0.4, 0.5) is 0 Å². The third-order valence-electron chi connectivity index (χ3n) is 3.36. The number of hydrogen-bond donors (Lipinski definition) is 2. The summed E-state index contributed by atoms with van der Waals surface area (Å²) in [5.41, 5.74) is 2.94. The molecule has 0 bridgehead atoms. The van der Waals surface area contributed by atoms with Crippen LogP contribution < -0.4 is 11.3 Å². The molecule has 0 spiro atoms. The van der Waals surface area contributed by atoms with Crippen LogP contribution >= 0.6 is 22.9 Å². The average molecular weight is 275 g/mol. The first-order valence-corrected chi connectivity index (χ1v) is 6.91. The summed E-state index contributed by atoms with van der Waals surface area (Å²) in [7, 11) is 4.30. The van der Waals surface area contributed by atoms with Crippen molar-refractivity contribution in [2.75, 3.05) is 33.7 Å². The summed E-state index contributed by atoms with van der Waals surface area (Å²) >= 11 is 7.59. The van der Waals surface area contributed by atoms with Crippen molar-refractivity contribution in [2.24, 2.45) is 5.84 Å². The Kier molecular flexibility index (Phi) is 4.41. The second-order valence-corrected chi connectivity index (χ2v) is 6.34.